The van der Waals surface area contributed by atoms with Crippen LogP contribution in [-0.4, -0.2) is 72.4 Å². The third kappa shape index (κ3) is 4.30. The van der Waals surface area contributed by atoms with Crippen molar-refractivity contribution < 1.29 is 19.7 Å². The van der Waals surface area contributed by atoms with Gasteiger partial charge in [-0.15, -0.1) is 5.10 Å². The summed E-state index contributed by atoms with van der Waals surface area (Å²) in [6, 6.07) is 1.90. The van der Waals surface area contributed by atoms with Crippen molar-refractivity contribution in [3.05, 3.63) is 24.0 Å². The molecule has 0 spiro atoms. The van der Waals surface area contributed by atoms with Gasteiger partial charge < -0.3 is 19.8 Å². The molecule has 2 aliphatic carbocycles. The standard InChI is InChI=1S/C21H23N5O4/c27-17-10-25(11-18(17)28)20(29)12-26-9-16(23-24-26)21-19(30-15-5-6-15)7-14(8-22-21)4-3-13-1-2-13/h7-9,13,15,17-18,27-28H,1-2,5-6,10-12H2/t17-,18+. The third-order valence-electron chi connectivity index (χ3n) is 5.36. The van der Waals surface area contributed by atoms with Gasteiger partial charge >= 0.3 is 0 Å². The number of aromatic nitrogens is 4. The predicted octanol–water partition coefficient (Wildman–Crippen LogP) is 0.207. The van der Waals surface area contributed by atoms with E-state index in [4.69, 9.17) is 4.74 Å². The number of aliphatic hydroxyl groups is 2. The SMILES string of the molecule is O=C(Cn1cc(-c2ncc(C#CC3CC3)cc2OC2CC2)nn1)N1C[C@@H](O)[C@@H](O)C1. The molecule has 9 heteroatoms. The monoisotopic (exact) mass is 409 g/mol. The number of likely N-dealkylation sites (tertiary alicyclic amines) is 1. The average Bonchev–Trinajstić information content (AvgIpc) is 3.65. The Kier molecular flexibility index (Phi) is 4.89. The molecule has 2 saturated carbocycles. The molecule has 2 aromatic heterocycles. The first-order valence-electron chi connectivity index (χ1n) is 10.3. The molecule has 30 heavy (non-hydrogen) atoms. The van der Waals surface area contributed by atoms with E-state index in [2.05, 4.69) is 27.1 Å². The fraction of sp³-hybridized carbons (Fsp3) is 0.524. The highest BCUT2D eigenvalue weighted by atomic mass is 16.5. The maximum absolute atomic E-state index is 12.4. The number of aliphatic hydroxyl groups excluding tert-OH is 2. The maximum Gasteiger partial charge on any atom is 0.244 e. The Bertz CT molecular complexity index is 1010. The van der Waals surface area contributed by atoms with E-state index in [1.807, 2.05) is 6.07 Å². The molecule has 0 unspecified atom stereocenters. The fourth-order valence-corrected chi connectivity index (χ4v) is 3.27. The van der Waals surface area contributed by atoms with Crippen molar-refractivity contribution in [3.63, 3.8) is 0 Å². The first kappa shape index (κ1) is 19.0. The molecule has 0 bridgehead atoms. The second kappa shape index (κ2) is 7.70. The number of carbonyl (C=O) groups excluding carboxylic acids is 1. The third-order valence-corrected chi connectivity index (χ3v) is 5.36. The number of nitrogens with zero attached hydrogens (tertiary/aromatic N) is 5. The normalized spacial score (nSPS) is 23.2. The van der Waals surface area contributed by atoms with E-state index in [-0.39, 0.29) is 31.6 Å². The molecule has 156 valence electrons. The van der Waals surface area contributed by atoms with Crippen LogP contribution in [0.1, 0.15) is 31.2 Å². The van der Waals surface area contributed by atoms with E-state index in [1.165, 1.54) is 22.4 Å². The Labute approximate surface area is 173 Å². The van der Waals surface area contributed by atoms with Crippen LogP contribution in [0.3, 0.4) is 0 Å². The number of β-amino-alcohol motifs (C(OH)–C–C–N with tert-alkyl or cyclic N) is 2. The van der Waals surface area contributed by atoms with E-state index in [9.17, 15) is 15.0 Å². The van der Waals surface area contributed by atoms with Crippen molar-refractivity contribution in [2.45, 2.75) is 50.5 Å². The lowest BCUT2D eigenvalue weighted by molar-refractivity contribution is -0.131. The van der Waals surface area contributed by atoms with Gasteiger partial charge in [-0.3, -0.25) is 4.79 Å². The van der Waals surface area contributed by atoms with E-state index in [0.717, 1.165) is 18.4 Å². The van der Waals surface area contributed by atoms with Gasteiger partial charge in [0.1, 0.15) is 23.7 Å². The summed E-state index contributed by atoms with van der Waals surface area (Å²) in [6.07, 6.45) is 6.11. The molecule has 1 saturated heterocycles. The number of hydrogen-bond donors (Lipinski definition) is 2. The fourth-order valence-electron chi connectivity index (χ4n) is 3.27. The zero-order chi connectivity index (χ0) is 20.7. The lowest BCUT2D eigenvalue weighted by atomic mass is 10.2. The minimum atomic E-state index is -0.909. The van der Waals surface area contributed by atoms with Gasteiger partial charge in [-0.1, -0.05) is 17.1 Å². The van der Waals surface area contributed by atoms with Crippen LogP contribution < -0.4 is 4.74 Å². The summed E-state index contributed by atoms with van der Waals surface area (Å²) in [5.41, 5.74) is 1.90. The molecule has 1 aliphatic heterocycles. The zero-order valence-electron chi connectivity index (χ0n) is 16.4. The average molecular weight is 409 g/mol. The summed E-state index contributed by atoms with van der Waals surface area (Å²) in [5, 5.41) is 27.5. The van der Waals surface area contributed by atoms with Crippen LogP contribution in [0.25, 0.3) is 11.4 Å². The Hall–Kier alpha value is -2.96. The molecule has 2 N–H and O–H groups in total. The van der Waals surface area contributed by atoms with Crippen LogP contribution in [0.15, 0.2) is 18.5 Å². The van der Waals surface area contributed by atoms with Crippen molar-refractivity contribution in [1.82, 2.24) is 24.9 Å². The lowest BCUT2D eigenvalue weighted by Crippen LogP contribution is -2.33. The molecular formula is C21H23N5O4. The number of carbonyl (C=O) groups is 1. The Morgan fingerprint density at radius 1 is 1.20 bits per heavy atom. The highest BCUT2D eigenvalue weighted by molar-refractivity contribution is 5.76. The van der Waals surface area contributed by atoms with Crippen molar-refractivity contribution in [1.29, 1.82) is 0 Å². The number of amides is 1. The van der Waals surface area contributed by atoms with Gasteiger partial charge in [-0.2, -0.15) is 0 Å². The van der Waals surface area contributed by atoms with Crippen molar-refractivity contribution in [2.24, 2.45) is 5.92 Å². The quantitative estimate of drug-likeness (QED) is 0.679. The van der Waals surface area contributed by atoms with E-state index in [1.54, 1.807) is 12.4 Å². The van der Waals surface area contributed by atoms with Gasteiger partial charge in [-0.05, 0) is 31.7 Å². The Morgan fingerprint density at radius 3 is 2.67 bits per heavy atom. The molecule has 3 heterocycles. The van der Waals surface area contributed by atoms with Crippen molar-refractivity contribution >= 4 is 5.91 Å². The second-order valence-corrected chi connectivity index (χ2v) is 8.17. The first-order valence-corrected chi connectivity index (χ1v) is 10.3. The lowest BCUT2D eigenvalue weighted by Gasteiger charge is -2.14. The molecule has 3 fully saturated rings. The van der Waals surface area contributed by atoms with Crippen LogP contribution in [0.2, 0.25) is 0 Å². The number of rotatable bonds is 5. The van der Waals surface area contributed by atoms with Gasteiger partial charge in [0.15, 0.2) is 0 Å². The van der Waals surface area contributed by atoms with Gasteiger partial charge in [0.25, 0.3) is 0 Å². The second-order valence-electron chi connectivity index (χ2n) is 8.17. The minimum Gasteiger partial charge on any atom is -0.488 e. The van der Waals surface area contributed by atoms with Crippen LogP contribution in [0, 0.1) is 17.8 Å². The number of hydrogen-bond acceptors (Lipinski definition) is 7. The molecular weight excluding hydrogens is 386 g/mol. The van der Waals surface area contributed by atoms with E-state index in [0.29, 0.717) is 23.1 Å². The van der Waals surface area contributed by atoms with Gasteiger partial charge in [0, 0.05) is 30.8 Å². The highest BCUT2D eigenvalue weighted by Crippen LogP contribution is 2.33. The summed E-state index contributed by atoms with van der Waals surface area (Å²) in [4.78, 5) is 18.3. The molecule has 1 amide bonds. The topological polar surface area (TPSA) is 114 Å². The Balaban J connectivity index is 1.33. The molecule has 3 aliphatic rings. The van der Waals surface area contributed by atoms with Crippen LogP contribution >= 0.6 is 0 Å². The van der Waals surface area contributed by atoms with Gasteiger partial charge in [0.2, 0.25) is 5.91 Å². The predicted molar refractivity (Wildman–Crippen MR) is 105 cm³/mol. The largest absolute Gasteiger partial charge is 0.488 e. The van der Waals surface area contributed by atoms with Crippen molar-refractivity contribution in [3.8, 4) is 29.0 Å². The van der Waals surface area contributed by atoms with E-state index >= 15 is 0 Å². The van der Waals surface area contributed by atoms with Crippen LogP contribution in [0.5, 0.6) is 5.75 Å². The summed E-state index contributed by atoms with van der Waals surface area (Å²) in [6.45, 7) is 0.202. The van der Waals surface area contributed by atoms with Crippen LogP contribution in [0.4, 0.5) is 0 Å². The zero-order valence-corrected chi connectivity index (χ0v) is 16.4. The minimum absolute atomic E-state index is 0.0315. The molecule has 5 rings (SSSR count). The Morgan fingerprint density at radius 2 is 1.97 bits per heavy atom. The molecule has 2 atom stereocenters. The molecule has 9 nitrogen and oxygen atoms in total. The van der Waals surface area contributed by atoms with Gasteiger partial charge in [0.05, 0.1) is 24.5 Å². The maximum atomic E-state index is 12.4. The number of pyridine rings is 1. The highest BCUT2D eigenvalue weighted by Gasteiger charge is 2.32. The van der Waals surface area contributed by atoms with Gasteiger partial charge in [-0.25, -0.2) is 9.67 Å². The summed E-state index contributed by atoms with van der Waals surface area (Å²) in [7, 11) is 0. The van der Waals surface area contributed by atoms with Crippen LogP contribution in [-0.2, 0) is 11.3 Å². The number of ether oxygens (including phenoxy) is 1. The molecule has 0 aromatic carbocycles. The molecule has 2 aromatic rings. The van der Waals surface area contributed by atoms with E-state index < -0.39 is 12.2 Å². The smallest absolute Gasteiger partial charge is 0.244 e. The first-order chi connectivity index (χ1) is 14.5. The summed E-state index contributed by atoms with van der Waals surface area (Å²) >= 11 is 0. The molecule has 0 radical (unpaired) electrons. The van der Waals surface area contributed by atoms with Crippen molar-refractivity contribution in [2.75, 3.05) is 13.1 Å². The summed E-state index contributed by atoms with van der Waals surface area (Å²) in [5.74, 6) is 7.29. The summed E-state index contributed by atoms with van der Waals surface area (Å²) < 4.78 is 7.46.